The summed E-state index contributed by atoms with van der Waals surface area (Å²) in [6.07, 6.45) is 1.91. The predicted octanol–water partition coefficient (Wildman–Crippen LogP) is -1.52. The average Bonchev–Trinajstić information content (AvgIpc) is 2.05. The normalized spacial score (nSPS) is 10.3. The SMILES string of the molecule is CCCC(=O)C=C(O)C(=O)OCC.[H-].[Na+]. The Balaban J connectivity index is -0.000000720. The molecule has 0 aliphatic heterocycles. The number of carbonyl (C=O) groups excluding carboxylic acids is 2. The zero-order chi connectivity index (χ0) is 10.3. The standard InChI is InChI=1S/C9H14O4.Na.H/c1-3-5-7(10)6-8(11)9(12)13-4-2;;/h6,11H,3-5H2,1-2H3;;/q;+1;-1. The minimum atomic E-state index is -0.855. The molecule has 0 fully saturated rings. The first-order chi connectivity index (χ1) is 6.11. The molecule has 14 heavy (non-hydrogen) atoms. The molecule has 0 saturated heterocycles. The predicted molar refractivity (Wildman–Crippen MR) is 48.4 cm³/mol. The van der Waals surface area contributed by atoms with Crippen LogP contribution in [0.2, 0.25) is 0 Å². The van der Waals surface area contributed by atoms with Gasteiger partial charge in [-0.05, 0) is 13.3 Å². The first-order valence-electron chi connectivity index (χ1n) is 4.22. The fourth-order valence-corrected chi connectivity index (χ4v) is 0.735. The van der Waals surface area contributed by atoms with Crippen molar-refractivity contribution in [3.8, 4) is 0 Å². The van der Waals surface area contributed by atoms with Gasteiger partial charge in [-0.2, -0.15) is 0 Å². The van der Waals surface area contributed by atoms with E-state index in [1.807, 2.05) is 6.92 Å². The van der Waals surface area contributed by atoms with E-state index in [0.717, 1.165) is 6.08 Å². The molecule has 0 heterocycles. The van der Waals surface area contributed by atoms with Gasteiger partial charge in [0.2, 0.25) is 5.76 Å². The molecule has 5 heteroatoms. The number of hydrogen-bond acceptors (Lipinski definition) is 4. The third-order valence-corrected chi connectivity index (χ3v) is 1.28. The smallest absolute Gasteiger partial charge is 1.00 e. The maximum absolute atomic E-state index is 10.9. The molecule has 0 aliphatic rings. The van der Waals surface area contributed by atoms with Crippen molar-refractivity contribution >= 4 is 11.8 Å². The number of carbonyl (C=O) groups is 2. The van der Waals surface area contributed by atoms with E-state index in [1.54, 1.807) is 6.92 Å². The zero-order valence-corrected chi connectivity index (χ0v) is 10.9. The van der Waals surface area contributed by atoms with Crippen molar-refractivity contribution in [1.29, 1.82) is 0 Å². The molecule has 0 aromatic heterocycles. The van der Waals surface area contributed by atoms with Gasteiger partial charge in [0.05, 0.1) is 6.61 Å². The molecule has 0 aliphatic carbocycles. The van der Waals surface area contributed by atoms with Gasteiger partial charge < -0.3 is 11.3 Å². The second-order valence-corrected chi connectivity index (χ2v) is 2.47. The van der Waals surface area contributed by atoms with Crippen molar-refractivity contribution in [3.63, 3.8) is 0 Å². The van der Waals surface area contributed by atoms with Gasteiger partial charge in [-0.3, -0.25) is 4.79 Å². The van der Waals surface area contributed by atoms with Gasteiger partial charge in [0.25, 0.3) is 0 Å². The zero-order valence-electron chi connectivity index (χ0n) is 9.87. The number of rotatable bonds is 5. The fraction of sp³-hybridized carbons (Fsp3) is 0.556. The summed E-state index contributed by atoms with van der Waals surface area (Å²) in [5.74, 6) is -1.75. The summed E-state index contributed by atoms with van der Waals surface area (Å²) in [5.41, 5.74) is 0. The van der Waals surface area contributed by atoms with Crippen LogP contribution >= 0.6 is 0 Å². The van der Waals surface area contributed by atoms with E-state index in [1.165, 1.54) is 0 Å². The quantitative estimate of drug-likeness (QED) is 0.259. The van der Waals surface area contributed by atoms with Crippen LogP contribution in [0, 0.1) is 0 Å². The Morgan fingerprint density at radius 3 is 2.43 bits per heavy atom. The molecule has 76 valence electrons. The maximum Gasteiger partial charge on any atom is 1.00 e. The second kappa shape index (κ2) is 9.24. The second-order valence-electron chi connectivity index (χ2n) is 2.47. The number of ether oxygens (including phenoxy) is 1. The molecule has 0 radical (unpaired) electrons. The summed E-state index contributed by atoms with van der Waals surface area (Å²) in [6.45, 7) is 3.64. The van der Waals surface area contributed by atoms with E-state index in [2.05, 4.69) is 4.74 Å². The van der Waals surface area contributed by atoms with Crippen molar-refractivity contribution in [2.45, 2.75) is 26.7 Å². The number of ketones is 1. The summed E-state index contributed by atoms with van der Waals surface area (Å²) >= 11 is 0. The Labute approximate surface area is 107 Å². The van der Waals surface area contributed by atoms with E-state index in [9.17, 15) is 9.59 Å². The van der Waals surface area contributed by atoms with Gasteiger partial charge in [0.15, 0.2) is 5.78 Å². The van der Waals surface area contributed by atoms with Crippen LogP contribution in [-0.2, 0) is 14.3 Å². The maximum atomic E-state index is 10.9. The van der Waals surface area contributed by atoms with E-state index in [-0.39, 0.29) is 43.4 Å². The van der Waals surface area contributed by atoms with Gasteiger partial charge in [-0.1, -0.05) is 6.92 Å². The Kier molecular flexibility index (Phi) is 10.6. The van der Waals surface area contributed by atoms with Gasteiger partial charge in [0.1, 0.15) is 0 Å². The van der Waals surface area contributed by atoms with Crippen LogP contribution in [0.25, 0.3) is 0 Å². The van der Waals surface area contributed by atoms with Crippen LogP contribution in [0.5, 0.6) is 0 Å². The topological polar surface area (TPSA) is 63.6 Å². The molecule has 0 atom stereocenters. The molecule has 0 amide bonds. The molecule has 0 bridgehead atoms. The summed E-state index contributed by atoms with van der Waals surface area (Å²) in [5, 5.41) is 9.01. The molecule has 1 N–H and O–H groups in total. The molecule has 0 aromatic rings. The fourth-order valence-electron chi connectivity index (χ4n) is 0.735. The molecule has 0 aromatic carbocycles. The number of allylic oxidation sites excluding steroid dienone is 1. The Hall–Kier alpha value is -0.320. The first kappa shape index (κ1) is 16.1. The Morgan fingerprint density at radius 1 is 1.43 bits per heavy atom. The number of hydrogen-bond donors (Lipinski definition) is 1. The number of aliphatic hydroxyl groups is 1. The minimum absolute atomic E-state index is 0. The first-order valence-corrected chi connectivity index (χ1v) is 4.22. The van der Waals surface area contributed by atoms with Crippen LogP contribution in [-0.4, -0.2) is 23.5 Å². The third-order valence-electron chi connectivity index (χ3n) is 1.28. The summed E-state index contributed by atoms with van der Waals surface area (Å²) in [6, 6.07) is 0. The van der Waals surface area contributed by atoms with Crippen molar-refractivity contribution in [1.82, 2.24) is 0 Å². The van der Waals surface area contributed by atoms with E-state index < -0.39 is 11.7 Å². The van der Waals surface area contributed by atoms with Crippen LogP contribution in [0.1, 0.15) is 28.1 Å². The van der Waals surface area contributed by atoms with Crippen LogP contribution in [0.15, 0.2) is 11.8 Å². The number of esters is 1. The molecule has 0 unspecified atom stereocenters. The van der Waals surface area contributed by atoms with E-state index in [4.69, 9.17) is 5.11 Å². The average molecular weight is 210 g/mol. The largest absolute Gasteiger partial charge is 1.00 e. The van der Waals surface area contributed by atoms with Gasteiger partial charge in [-0.15, -0.1) is 0 Å². The van der Waals surface area contributed by atoms with Crippen LogP contribution < -0.4 is 29.6 Å². The minimum Gasteiger partial charge on any atom is -1.00 e. The van der Waals surface area contributed by atoms with Crippen molar-refractivity contribution < 1.29 is 50.4 Å². The molecule has 0 rings (SSSR count). The summed E-state index contributed by atoms with van der Waals surface area (Å²) in [4.78, 5) is 21.7. The van der Waals surface area contributed by atoms with Crippen molar-refractivity contribution in [2.75, 3.05) is 6.61 Å². The molecular formula is C9H15NaO4. The van der Waals surface area contributed by atoms with E-state index in [0.29, 0.717) is 12.8 Å². The molecular weight excluding hydrogens is 195 g/mol. The third kappa shape index (κ3) is 7.12. The summed E-state index contributed by atoms with van der Waals surface area (Å²) in [7, 11) is 0. The van der Waals surface area contributed by atoms with E-state index >= 15 is 0 Å². The van der Waals surface area contributed by atoms with Crippen molar-refractivity contribution in [3.05, 3.63) is 11.8 Å². The monoisotopic (exact) mass is 210 g/mol. The van der Waals surface area contributed by atoms with Gasteiger partial charge >= 0.3 is 35.5 Å². The molecule has 0 spiro atoms. The van der Waals surface area contributed by atoms with Gasteiger partial charge in [-0.25, -0.2) is 4.79 Å². The van der Waals surface area contributed by atoms with Crippen LogP contribution in [0.3, 0.4) is 0 Å². The molecule has 4 nitrogen and oxygen atoms in total. The van der Waals surface area contributed by atoms with Crippen molar-refractivity contribution in [2.24, 2.45) is 0 Å². The van der Waals surface area contributed by atoms with Crippen LogP contribution in [0.4, 0.5) is 0 Å². The number of aliphatic hydroxyl groups excluding tert-OH is 1. The van der Waals surface area contributed by atoms with Gasteiger partial charge in [0, 0.05) is 12.5 Å². The molecule has 0 saturated carbocycles. The summed E-state index contributed by atoms with van der Waals surface area (Å²) < 4.78 is 4.47. The Morgan fingerprint density at radius 2 is 2.00 bits per heavy atom. The Bertz CT molecular complexity index is 228.